The third-order valence-electron chi connectivity index (χ3n) is 3.56. The molecule has 0 bridgehead atoms. The predicted molar refractivity (Wildman–Crippen MR) is 79.9 cm³/mol. The number of amides is 1. The Bertz CT molecular complexity index is 611. The van der Waals surface area contributed by atoms with Crippen LogP contribution in [0.2, 0.25) is 0 Å². The average Bonchev–Trinajstić information content (AvgIpc) is 2.37. The topological polar surface area (TPSA) is 75.3 Å². The van der Waals surface area contributed by atoms with Gasteiger partial charge in [-0.3, -0.25) is 4.79 Å². The molecular formula is C14H20N2O3S. The molecule has 1 amide bonds. The predicted octanol–water partition coefficient (Wildman–Crippen LogP) is 1.34. The molecule has 0 aliphatic carbocycles. The summed E-state index contributed by atoms with van der Waals surface area (Å²) in [6.45, 7) is 1.92. The standard InChI is InChI=1S/C14H20N2O3S/c1-10-8-11(5-6-13(10)15-2)14(17)16-12-4-3-7-20(18,19)9-12/h5-6,8,12,15H,3-4,7,9H2,1-2H3,(H,16,17). The smallest absolute Gasteiger partial charge is 0.251 e. The zero-order chi connectivity index (χ0) is 14.8. The Morgan fingerprint density at radius 3 is 2.70 bits per heavy atom. The third kappa shape index (κ3) is 3.50. The molecule has 2 rings (SSSR count). The summed E-state index contributed by atoms with van der Waals surface area (Å²) in [5, 5.41) is 5.86. The Morgan fingerprint density at radius 2 is 2.10 bits per heavy atom. The molecule has 0 aromatic heterocycles. The van der Waals surface area contributed by atoms with Crippen molar-refractivity contribution in [2.24, 2.45) is 0 Å². The number of aryl methyl sites for hydroxylation is 1. The lowest BCUT2D eigenvalue weighted by molar-refractivity contribution is 0.0938. The largest absolute Gasteiger partial charge is 0.388 e. The van der Waals surface area contributed by atoms with Crippen LogP contribution >= 0.6 is 0 Å². The van der Waals surface area contributed by atoms with E-state index in [0.29, 0.717) is 12.0 Å². The molecule has 1 aromatic rings. The Labute approximate surface area is 119 Å². The van der Waals surface area contributed by atoms with E-state index in [1.807, 2.05) is 20.0 Å². The summed E-state index contributed by atoms with van der Waals surface area (Å²) in [4.78, 5) is 12.1. The van der Waals surface area contributed by atoms with E-state index in [1.54, 1.807) is 12.1 Å². The maximum Gasteiger partial charge on any atom is 0.251 e. The van der Waals surface area contributed by atoms with Gasteiger partial charge in [0.05, 0.1) is 11.5 Å². The highest BCUT2D eigenvalue weighted by Crippen LogP contribution is 2.17. The first-order valence-corrected chi connectivity index (χ1v) is 8.53. The average molecular weight is 296 g/mol. The van der Waals surface area contributed by atoms with Gasteiger partial charge in [-0.15, -0.1) is 0 Å². The lowest BCUT2D eigenvalue weighted by Gasteiger charge is -2.23. The number of anilines is 1. The molecule has 1 aliphatic heterocycles. The monoisotopic (exact) mass is 296 g/mol. The van der Waals surface area contributed by atoms with Gasteiger partial charge in [-0.05, 0) is 43.5 Å². The fourth-order valence-corrected chi connectivity index (χ4v) is 4.13. The Hall–Kier alpha value is -1.56. The molecule has 6 heteroatoms. The minimum absolute atomic E-state index is 0.0479. The van der Waals surface area contributed by atoms with E-state index in [4.69, 9.17) is 0 Å². The maximum atomic E-state index is 12.1. The highest BCUT2D eigenvalue weighted by molar-refractivity contribution is 7.91. The second kappa shape index (κ2) is 5.83. The Morgan fingerprint density at radius 1 is 1.35 bits per heavy atom. The summed E-state index contributed by atoms with van der Waals surface area (Å²) in [6, 6.07) is 5.12. The molecule has 1 unspecified atom stereocenters. The summed E-state index contributed by atoms with van der Waals surface area (Å²) >= 11 is 0. The first-order chi connectivity index (χ1) is 9.41. The SMILES string of the molecule is CNc1ccc(C(=O)NC2CCCS(=O)(=O)C2)cc1C. The zero-order valence-electron chi connectivity index (χ0n) is 11.8. The van der Waals surface area contributed by atoms with E-state index in [9.17, 15) is 13.2 Å². The first kappa shape index (κ1) is 14.8. The van der Waals surface area contributed by atoms with E-state index in [1.165, 1.54) is 0 Å². The van der Waals surface area contributed by atoms with Crippen LogP contribution in [0.15, 0.2) is 18.2 Å². The fraction of sp³-hybridized carbons (Fsp3) is 0.500. The van der Waals surface area contributed by atoms with Crippen LogP contribution in [0.3, 0.4) is 0 Å². The second-order valence-electron chi connectivity index (χ2n) is 5.21. The Kier molecular flexibility index (Phi) is 4.32. The quantitative estimate of drug-likeness (QED) is 0.882. The Balaban J connectivity index is 2.06. The normalized spacial score (nSPS) is 21.2. The van der Waals surface area contributed by atoms with Gasteiger partial charge < -0.3 is 10.6 Å². The van der Waals surface area contributed by atoms with Crippen LogP contribution < -0.4 is 10.6 Å². The van der Waals surface area contributed by atoms with Gasteiger partial charge in [0.25, 0.3) is 5.91 Å². The van der Waals surface area contributed by atoms with Crippen molar-refractivity contribution < 1.29 is 13.2 Å². The van der Waals surface area contributed by atoms with E-state index in [2.05, 4.69) is 10.6 Å². The van der Waals surface area contributed by atoms with Crippen LogP contribution in [0.5, 0.6) is 0 Å². The number of hydrogen-bond acceptors (Lipinski definition) is 4. The number of nitrogens with one attached hydrogen (secondary N) is 2. The molecule has 1 aliphatic rings. The van der Waals surface area contributed by atoms with Gasteiger partial charge in [0.15, 0.2) is 9.84 Å². The molecule has 5 nitrogen and oxygen atoms in total. The van der Waals surface area contributed by atoms with Crippen LogP contribution in [0.25, 0.3) is 0 Å². The van der Waals surface area contributed by atoms with Crippen LogP contribution in [0, 0.1) is 6.92 Å². The molecule has 2 N–H and O–H groups in total. The van der Waals surface area contributed by atoms with E-state index < -0.39 is 9.84 Å². The molecule has 1 aromatic carbocycles. The van der Waals surface area contributed by atoms with Crippen molar-refractivity contribution in [1.29, 1.82) is 0 Å². The van der Waals surface area contributed by atoms with Gasteiger partial charge in [0.2, 0.25) is 0 Å². The number of rotatable bonds is 3. The van der Waals surface area contributed by atoms with Crippen molar-refractivity contribution in [1.82, 2.24) is 5.32 Å². The van der Waals surface area contributed by atoms with E-state index >= 15 is 0 Å². The molecule has 1 heterocycles. The van der Waals surface area contributed by atoms with Crippen LogP contribution in [-0.4, -0.2) is 38.9 Å². The third-order valence-corrected chi connectivity index (χ3v) is 5.38. The van der Waals surface area contributed by atoms with Crippen molar-refractivity contribution in [3.63, 3.8) is 0 Å². The number of sulfone groups is 1. The minimum Gasteiger partial charge on any atom is -0.388 e. The number of carbonyl (C=O) groups is 1. The van der Waals surface area contributed by atoms with Crippen molar-refractivity contribution in [3.05, 3.63) is 29.3 Å². The maximum absolute atomic E-state index is 12.1. The molecule has 0 saturated carbocycles. The molecule has 1 fully saturated rings. The highest BCUT2D eigenvalue weighted by Gasteiger charge is 2.26. The van der Waals surface area contributed by atoms with Crippen LogP contribution in [0.4, 0.5) is 5.69 Å². The van der Waals surface area contributed by atoms with Gasteiger partial charge in [-0.2, -0.15) is 0 Å². The number of benzene rings is 1. The lowest BCUT2D eigenvalue weighted by atomic mass is 10.1. The van der Waals surface area contributed by atoms with Crippen LogP contribution in [-0.2, 0) is 9.84 Å². The van der Waals surface area contributed by atoms with Crippen molar-refractivity contribution in [3.8, 4) is 0 Å². The summed E-state index contributed by atoms with van der Waals surface area (Å²) in [7, 11) is -1.17. The van der Waals surface area contributed by atoms with Gasteiger partial charge in [-0.1, -0.05) is 0 Å². The second-order valence-corrected chi connectivity index (χ2v) is 7.44. The first-order valence-electron chi connectivity index (χ1n) is 6.71. The summed E-state index contributed by atoms with van der Waals surface area (Å²) < 4.78 is 23.1. The van der Waals surface area contributed by atoms with E-state index in [-0.39, 0.29) is 23.5 Å². The summed E-state index contributed by atoms with van der Waals surface area (Å²) in [6.07, 6.45) is 1.34. The lowest BCUT2D eigenvalue weighted by Crippen LogP contribution is -2.43. The molecular weight excluding hydrogens is 276 g/mol. The molecule has 110 valence electrons. The molecule has 0 spiro atoms. The van der Waals surface area contributed by atoms with Crippen LogP contribution in [0.1, 0.15) is 28.8 Å². The summed E-state index contributed by atoms with van der Waals surface area (Å²) in [5.74, 6) is 0.0691. The number of hydrogen-bond donors (Lipinski definition) is 2. The van der Waals surface area contributed by atoms with Gasteiger partial charge in [0.1, 0.15) is 0 Å². The minimum atomic E-state index is -3.00. The summed E-state index contributed by atoms with van der Waals surface area (Å²) in [5.41, 5.74) is 2.52. The number of carbonyl (C=O) groups excluding carboxylic acids is 1. The van der Waals surface area contributed by atoms with Gasteiger partial charge in [0, 0.05) is 24.3 Å². The highest BCUT2D eigenvalue weighted by atomic mass is 32.2. The molecule has 20 heavy (non-hydrogen) atoms. The fourth-order valence-electron chi connectivity index (χ4n) is 2.49. The van der Waals surface area contributed by atoms with Crippen molar-refractivity contribution in [2.75, 3.05) is 23.9 Å². The van der Waals surface area contributed by atoms with Gasteiger partial charge in [-0.25, -0.2) is 8.42 Å². The molecule has 1 saturated heterocycles. The molecule has 1 atom stereocenters. The molecule has 0 radical (unpaired) electrons. The van der Waals surface area contributed by atoms with Crippen molar-refractivity contribution >= 4 is 21.4 Å². The van der Waals surface area contributed by atoms with Gasteiger partial charge >= 0.3 is 0 Å². The van der Waals surface area contributed by atoms with Crippen molar-refractivity contribution in [2.45, 2.75) is 25.8 Å². The zero-order valence-corrected chi connectivity index (χ0v) is 12.6. The van der Waals surface area contributed by atoms with E-state index in [0.717, 1.165) is 17.7 Å².